The number of aryl methyl sites for hydroxylation is 1. The number of rotatable bonds is 8. The summed E-state index contributed by atoms with van der Waals surface area (Å²) >= 11 is 0. The summed E-state index contributed by atoms with van der Waals surface area (Å²) in [7, 11) is -2.83. The Kier molecular flexibility index (Phi) is 7.40. The molecule has 0 fully saturated rings. The lowest BCUT2D eigenvalue weighted by Gasteiger charge is -1.98. The maximum atomic E-state index is 10.4. The van der Waals surface area contributed by atoms with Crippen molar-refractivity contribution < 1.29 is 22.8 Å². The highest BCUT2D eigenvalue weighted by atomic mass is 31.1. The lowest BCUT2D eigenvalue weighted by Crippen LogP contribution is -2.32. The highest BCUT2D eigenvalue weighted by molar-refractivity contribution is 7.24. The van der Waals surface area contributed by atoms with Gasteiger partial charge in [0.05, 0.1) is 0 Å². The van der Waals surface area contributed by atoms with Gasteiger partial charge in [0.1, 0.15) is 6.54 Å². The van der Waals surface area contributed by atoms with Crippen LogP contribution >= 0.6 is 7.91 Å². The Bertz CT molecular complexity index is 1040. The highest BCUT2D eigenvalue weighted by Gasteiger charge is 2.01. The molecule has 1 aromatic carbocycles. The van der Waals surface area contributed by atoms with Crippen LogP contribution in [0.5, 0.6) is 0 Å². The predicted molar refractivity (Wildman–Crippen MR) is 113 cm³/mol. The van der Waals surface area contributed by atoms with E-state index >= 15 is 0 Å². The van der Waals surface area contributed by atoms with Gasteiger partial charge in [0, 0.05) is 24.3 Å². The fourth-order valence-electron chi connectivity index (χ4n) is 2.67. The summed E-state index contributed by atoms with van der Waals surface area (Å²) in [4.78, 5) is 0. The second-order valence-electron chi connectivity index (χ2n) is 6.42. The lowest BCUT2D eigenvalue weighted by molar-refractivity contribution is -0.724. The number of benzene rings is 1. The maximum absolute atomic E-state index is 10.4. The van der Waals surface area contributed by atoms with E-state index in [1.807, 2.05) is 24.3 Å². The molecule has 0 bridgehead atoms. The van der Waals surface area contributed by atoms with Crippen molar-refractivity contribution in [3.8, 4) is 0 Å². The third-order valence-corrected chi connectivity index (χ3v) is 4.71. The molecule has 0 aliphatic carbocycles. The Morgan fingerprint density at radius 2 is 1.07 bits per heavy atom. The molecule has 0 atom stereocenters. The maximum Gasteiger partial charge on any atom is 0.473 e. The molecule has 0 aliphatic heterocycles. The topological polar surface area (TPSA) is 51.1 Å². The van der Waals surface area contributed by atoms with Crippen LogP contribution in [0.15, 0.2) is 73.3 Å². The number of aromatic nitrogens is 2. The van der Waals surface area contributed by atoms with Gasteiger partial charge in [-0.1, -0.05) is 48.6 Å². The normalized spacial score (nSPS) is 11.3. The van der Waals surface area contributed by atoms with E-state index in [1.54, 1.807) is 17.0 Å². The molecular formula is C23H23N2O3P+2. The molecule has 3 rings (SSSR count). The van der Waals surface area contributed by atoms with Gasteiger partial charge in [-0.05, 0) is 29.2 Å². The molecule has 0 saturated heterocycles. The van der Waals surface area contributed by atoms with Crippen molar-refractivity contribution in [3.63, 3.8) is 0 Å². The minimum Gasteiger partial charge on any atom is -0.207 e. The monoisotopic (exact) mass is 406 g/mol. The van der Waals surface area contributed by atoms with E-state index in [9.17, 15) is 9.13 Å². The molecule has 5 nitrogen and oxygen atoms in total. The lowest BCUT2D eigenvalue weighted by atomic mass is 10.1. The average molecular weight is 406 g/mol. The first-order chi connectivity index (χ1) is 14.1. The average Bonchev–Trinajstić information content (AvgIpc) is 2.76. The summed E-state index contributed by atoms with van der Waals surface area (Å²) < 4.78 is 29.2. The second-order valence-corrected chi connectivity index (χ2v) is 7.13. The Hall–Kier alpha value is -3.14. The zero-order valence-electron chi connectivity index (χ0n) is 16.2. The smallest absolute Gasteiger partial charge is 0.207 e. The molecule has 146 valence electrons. The van der Waals surface area contributed by atoms with Crippen LogP contribution in [0.3, 0.4) is 0 Å². The van der Waals surface area contributed by atoms with Crippen molar-refractivity contribution in [3.05, 3.63) is 95.6 Å². The first-order valence-electron chi connectivity index (χ1n) is 9.34. The summed E-state index contributed by atoms with van der Waals surface area (Å²) in [5.74, 6) is 0. The zero-order chi connectivity index (χ0) is 20.5. The number of pyridine rings is 2. The molecule has 2 heterocycles. The van der Waals surface area contributed by atoms with Gasteiger partial charge in [0.25, 0.3) is 6.73 Å². The Morgan fingerprint density at radius 3 is 1.45 bits per heavy atom. The molecule has 6 heteroatoms. The molecule has 0 radical (unpaired) electrons. The van der Waals surface area contributed by atoms with Crippen molar-refractivity contribution in [1.29, 1.82) is 0 Å². The first kappa shape index (κ1) is 20.6. The van der Waals surface area contributed by atoms with Crippen LogP contribution in [0.2, 0.25) is 0 Å². The van der Waals surface area contributed by atoms with Gasteiger partial charge in [-0.25, -0.2) is 18.2 Å². The predicted octanol–water partition coefficient (Wildman–Crippen LogP) is 4.68. The number of hydrogen-bond acceptors (Lipinski definition) is 3. The van der Waals surface area contributed by atoms with Gasteiger partial charge in [0.15, 0.2) is 24.8 Å². The largest absolute Gasteiger partial charge is 0.473 e. The van der Waals surface area contributed by atoms with Crippen molar-refractivity contribution in [1.82, 2.24) is 0 Å². The molecule has 0 unspecified atom stereocenters. The van der Waals surface area contributed by atoms with Crippen molar-refractivity contribution >= 4 is 32.2 Å². The Morgan fingerprint density at radius 1 is 0.690 bits per heavy atom. The molecule has 0 spiro atoms. The summed E-state index contributed by atoms with van der Waals surface area (Å²) in [5.41, 5.74) is 4.44. The number of hydrogen-bond donors (Lipinski definition) is 0. The van der Waals surface area contributed by atoms with Crippen LogP contribution in [0.1, 0.15) is 29.2 Å². The Balaban J connectivity index is 1.58. The van der Waals surface area contributed by atoms with Gasteiger partial charge in [-0.2, -0.15) is 4.57 Å². The summed E-state index contributed by atoms with van der Waals surface area (Å²) in [5, 5.41) is 0. The van der Waals surface area contributed by atoms with E-state index in [2.05, 4.69) is 77.0 Å². The van der Waals surface area contributed by atoms with E-state index in [4.69, 9.17) is 0 Å². The van der Waals surface area contributed by atoms with Crippen LogP contribution in [-0.2, 0) is 26.9 Å². The van der Waals surface area contributed by atoms with E-state index in [1.165, 1.54) is 5.56 Å². The third kappa shape index (κ3) is 6.75. The summed E-state index contributed by atoms with van der Waals surface area (Å²) in [6.45, 7) is 3.08. The third-order valence-electron chi connectivity index (χ3n) is 4.38. The molecule has 3 aromatic rings. The van der Waals surface area contributed by atoms with Crippen LogP contribution in [0.4, 0.5) is 0 Å². The van der Waals surface area contributed by atoms with Crippen LogP contribution in [0.25, 0.3) is 24.3 Å². The second kappa shape index (κ2) is 10.4. The molecule has 0 aliphatic rings. The molecule has 0 saturated carbocycles. The standard InChI is InChI=1S/C23H23N2O3P/c1-2-24-15-11-22(12-16-24)9-7-20-3-5-21(6-4-20)8-10-23-13-17-25(18-14-23)19-28-29(26)27/h3-18H,2,19H2,1H3/q+2/b9-7+,10-8+. The van der Waals surface area contributed by atoms with Crippen molar-refractivity contribution in [2.45, 2.75) is 20.2 Å². The van der Waals surface area contributed by atoms with Crippen LogP contribution in [0, 0.1) is 0 Å². The molecule has 0 N–H and O–H groups in total. The zero-order valence-corrected chi connectivity index (χ0v) is 17.1. The van der Waals surface area contributed by atoms with E-state index < -0.39 is 7.91 Å². The van der Waals surface area contributed by atoms with Crippen LogP contribution < -0.4 is 9.13 Å². The summed E-state index contributed by atoms with van der Waals surface area (Å²) in [6.07, 6.45) is 16.0. The van der Waals surface area contributed by atoms with Crippen molar-refractivity contribution in [2.24, 2.45) is 0 Å². The van der Waals surface area contributed by atoms with Gasteiger partial charge >= 0.3 is 7.91 Å². The van der Waals surface area contributed by atoms with E-state index in [0.29, 0.717) is 0 Å². The highest BCUT2D eigenvalue weighted by Crippen LogP contribution is 2.12. The molecule has 2 aromatic heterocycles. The fourth-order valence-corrected chi connectivity index (χ4v) is 2.90. The quantitative estimate of drug-likeness (QED) is 0.403. The SMILES string of the molecule is CC[n+]1ccc(/C=C/c2ccc(/C=C/c3cc[n+](COP(=O)=O)cc3)cc2)cc1. The van der Waals surface area contributed by atoms with E-state index in [-0.39, 0.29) is 6.73 Å². The number of nitrogens with zero attached hydrogens (tertiary/aromatic N) is 2. The summed E-state index contributed by atoms with van der Waals surface area (Å²) in [6, 6.07) is 16.3. The minimum absolute atomic E-state index is 0.0146. The van der Waals surface area contributed by atoms with Crippen LogP contribution in [-0.4, -0.2) is 0 Å². The molecule has 0 amide bonds. The van der Waals surface area contributed by atoms with Gasteiger partial charge in [-0.15, -0.1) is 0 Å². The van der Waals surface area contributed by atoms with Gasteiger partial charge in [0.2, 0.25) is 0 Å². The first-order valence-corrected chi connectivity index (χ1v) is 10.4. The Labute approximate surface area is 171 Å². The van der Waals surface area contributed by atoms with Gasteiger partial charge in [-0.3, -0.25) is 0 Å². The van der Waals surface area contributed by atoms with Crippen molar-refractivity contribution in [2.75, 3.05) is 0 Å². The molecular weight excluding hydrogens is 383 g/mol. The minimum atomic E-state index is -2.83. The van der Waals surface area contributed by atoms with Gasteiger partial charge < -0.3 is 0 Å². The van der Waals surface area contributed by atoms with E-state index in [0.717, 1.165) is 23.2 Å². The molecule has 29 heavy (non-hydrogen) atoms. The fraction of sp³-hybridized carbons (Fsp3) is 0.130.